The summed E-state index contributed by atoms with van der Waals surface area (Å²) in [5.41, 5.74) is 5.87. The maximum Gasteiger partial charge on any atom is 0.314 e. The molecule has 20 heavy (non-hydrogen) atoms. The van der Waals surface area contributed by atoms with Crippen LogP contribution in [0, 0.1) is 0 Å². The summed E-state index contributed by atoms with van der Waals surface area (Å²) < 4.78 is 23.0. The standard InChI is InChI=1S/C12H15N3O4S/c1-6(20(2,18)19)10(13)7-3-4-8-9(5-7)15-12(17)11(16)14-8/h3-6,10H,13H2,1-2H3,(H,14,16)(H,15,17). The first-order valence-corrected chi connectivity index (χ1v) is 7.86. The van der Waals surface area contributed by atoms with E-state index in [0.717, 1.165) is 6.26 Å². The number of nitrogens with two attached hydrogens (primary N) is 1. The number of rotatable bonds is 3. The molecule has 1 heterocycles. The van der Waals surface area contributed by atoms with Crippen molar-refractivity contribution < 1.29 is 8.42 Å². The van der Waals surface area contributed by atoms with Gasteiger partial charge < -0.3 is 15.7 Å². The Morgan fingerprint density at radius 3 is 2.20 bits per heavy atom. The minimum absolute atomic E-state index is 0.406. The fourth-order valence-electron chi connectivity index (χ4n) is 1.88. The van der Waals surface area contributed by atoms with Crippen molar-refractivity contribution in [3.8, 4) is 0 Å². The lowest BCUT2D eigenvalue weighted by molar-refractivity contribution is 0.571. The normalized spacial score (nSPS) is 15.2. The molecule has 1 aromatic heterocycles. The van der Waals surface area contributed by atoms with Crippen LogP contribution in [0.5, 0.6) is 0 Å². The van der Waals surface area contributed by atoms with Crippen molar-refractivity contribution in [3.05, 3.63) is 44.5 Å². The Labute approximate surface area is 114 Å². The Bertz CT molecular complexity index is 866. The summed E-state index contributed by atoms with van der Waals surface area (Å²) >= 11 is 0. The number of aromatic nitrogens is 2. The van der Waals surface area contributed by atoms with Gasteiger partial charge in [0.1, 0.15) is 0 Å². The van der Waals surface area contributed by atoms with Crippen molar-refractivity contribution >= 4 is 20.9 Å². The highest BCUT2D eigenvalue weighted by atomic mass is 32.2. The number of benzene rings is 1. The second kappa shape index (κ2) is 4.88. The van der Waals surface area contributed by atoms with Crippen LogP contribution in [-0.4, -0.2) is 29.9 Å². The average Bonchev–Trinajstić information content (AvgIpc) is 2.37. The Morgan fingerprint density at radius 1 is 1.10 bits per heavy atom. The number of aromatic amines is 2. The van der Waals surface area contributed by atoms with Crippen LogP contribution in [0.2, 0.25) is 0 Å². The van der Waals surface area contributed by atoms with E-state index in [-0.39, 0.29) is 0 Å². The molecule has 108 valence electrons. The summed E-state index contributed by atoms with van der Waals surface area (Å²) in [5, 5.41) is -0.755. The maximum atomic E-state index is 11.5. The predicted octanol–water partition coefficient (Wildman–Crippen LogP) is -0.351. The molecule has 0 saturated carbocycles. The van der Waals surface area contributed by atoms with E-state index < -0.39 is 32.2 Å². The Balaban J connectivity index is 2.54. The molecule has 8 heteroatoms. The first-order chi connectivity index (χ1) is 9.20. The number of fused-ring (bicyclic) bond motifs is 1. The average molecular weight is 297 g/mol. The molecule has 2 aromatic rings. The summed E-state index contributed by atoms with van der Waals surface area (Å²) in [6.07, 6.45) is 1.12. The molecular formula is C12H15N3O4S. The zero-order valence-electron chi connectivity index (χ0n) is 11.0. The molecule has 0 bridgehead atoms. The largest absolute Gasteiger partial charge is 0.323 e. The van der Waals surface area contributed by atoms with E-state index in [0.29, 0.717) is 16.6 Å². The van der Waals surface area contributed by atoms with E-state index >= 15 is 0 Å². The van der Waals surface area contributed by atoms with Gasteiger partial charge >= 0.3 is 11.1 Å². The van der Waals surface area contributed by atoms with E-state index in [1.54, 1.807) is 18.2 Å². The molecule has 0 spiro atoms. The number of nitrogens with one attached hydrogen (secondary N) is 2. The molecule has 0 fully saturated rings. The second-order valence-electron chi connectivity index (χ2n) is 4.77. The van der Waals surface area contributed by atoms with Gasteiger partial charge in [-0.3, -0.25) is 9.59 Å². The molecule has 0 radical (unpaired) electrons. The zero-order valence-corrected chi connectivity index (χ0v) is 11.8. The van der Waals surface area contributed by atoms with Crippen LogP contribution in [-0.2, 0) is 9.84 Å². The first kappa shape index (κ1) is 14.5. The van der Waals surface area contributed by atoms with Crippen molar-refractivity contribution in [1.82, 2.24) is 9.97 Å². The monoisotopic (exact) mass is 297 g/mol. The minimum Gasteiger partial charge on any atom is -0.323 e. The van der Waals surface area contributed by atoms with Crippen LogP contribution in [0.15, 0.2) is 27.8 Å². The van der Waals surface area contributed by atoms with Crippen molar-refractivity contribution in [2.24, 2.45) is 5.73 Å². The van der Waals surface area contributed by atoms with Gasteiger partial charge in [-0.05, 0) is 24.6 Å². The number of sulfone groups is 1. The summed E-state index contributed by atoms with van der Waals surface area (Å²) in [7, 11) is -3.27. The van der Waals surface area contributed by atoms with Crippen molar-refractivity contribution in [2.75, 3.05) is 6.26 Å². The lowest BCUT2D eigenvalue weighted by Gasteiger charge is -2.18. The van der Waals surface area contributed by atoms with Crippen molar-refractivity contribution in [2.45, 2.75) is 18.2 Å². The van der Waals surface area contributed by atoms with Gasteiger partial charge in [-0.25, -0.2) is 8.42 Å². The number of H-pyrrole nitrogens is 2. The van der Waals surface area contributed by atoms with E-state index in [2.05, 4.69) is 9.97 Å². The van der Waals surface area contributed by atoms with Gasteiger partial charge in [-0.2, -0.15) is 0 Å². The zero-order chi connectivity index (χ0) is 15.1. The summed E-state index contributed by atoms with van der Waals surface area (Å²) in [6.45, 7) is 1.53. The molecule has 0 aliphatic rings. The Hall–Kier alpha value is -1.93. The molecule has 2 unspecified atom stereocenters. The molecule has 2 atom stereocenters. The quantitative estimate of drug-likeness (QED) is 0.667. The molecule has 7 nitrogen and oxygen atoms in total. The molecule has 0 aliphatic carbocycles. The van der Waals surface area contributed by atoms with Gasteiger partial charge in [0.25, 0.3) is 0 Å². The van der Waals surface area contributed by atoms with Crippen LogP contribution >= 0.6 is 0 Å². The minimum atomic E-state index is -3.27. The van der Waals surface area contributed by atoms with Gasteiger partial charge in [0.2, 0.25) is 0 Å². The number of hydrogen-bond acceptors (Lipinski definition) is 5. The molecule has 4 N–H and O–H groups in total. The first-order valence-electron chi connectivity index (χ1n) is 5.91. The maximum absolute atomic E-state index is 11.5. The van der Waals surface area contributed by atoms with E-state index in [4.69, 9.17) is 5.73 Å². The van der Waals surface area contributed by atoms with Crippen LogP contribution in [0.1, 0.15) is 18.5 Å². The Kier molecular flexibility index (Phi) is 3.53. The van der Waals surface area contributed by atoms with Gasteiger partial charge in [-0.15, -0.1) is 0 Å². The van der Waals surface area contributed by atoms with Crippen molar-refractivity contribution in [1.29, 1.82) is 0 Å². The smallest absolute Gasteiger partial charge is 0.314 e. The molecule has 0 amide bonds. The Morgan fingerprint density at radius 2 is 1.65 bits per heavy atom. The highest BCUT2D eigenvalue weighted by molar-refractivity contribution is 7.91. The summed E-state index contributed by atoms with van der Waals surface area (Å²) in [6, 6.07) is 4.06. The van der Waals surface area contributed by atoms with Crippen LogP contribution in [0.4, 0.5) is 0 Å². The SMILES string of the molecule is CC(C(N)c1ccc2[nH]c(=O)c(=O)[nH]c2c1)S(C)(=O)=O. The molecule has 0 aliphatic heterocycles. The summed E-state index contributed by atoms with van der Waals surface area (Å²) in [4.78, 5) is 27.3. The van der Waals surface area contributed by atoms with Gasteiger partial charge in [0, 0.05) is 12.3 Å². The third kappa shape index (κ3) is 2.66. The number of hydrogen-bond donors (Lipinski definition) is 3. The highest BCUT2D eigenvalue weighted by Crippen LogP contribution is 2.21. The van der Waals surface area contributed by atoms with E-state index in [1.165, 1.54) is 6.92 Å². The lowest BCUT2D eigenvalue weighted by atomic mass is 10.0. The van der Waals surface area contributed by atoms with Crippen LogP contribution in [0.25, 0.3) is 11.0 Å². The second-order valence-corrected chi connectivity index (χ2v) is 7.18. The van der Waals surface area contributed by atoms with Gasteiger partial charge in [-0.1, -0.05) is 6.07 Å². The lowest BCUT2D eigenvalue weighted by Crippen LogP contribution is -2.31. The molecule has 1 aromatic carbocycles. The van der Waals surface area contributed by atoms with Gasteiger partial charge in [0.15, 0.2) is 9.84 Å². The molecular weight excluding hydrogens is 282 g/mol. The molecule has 2 rings (SSSR count). The molecule has 0 saturated heterocycles. The summed E-state index contributed by atoms with van der Waals surface area (Å²) in [5.74, 6) is 0. The van der Waals surface area contributed by atoms with Crippen molar-refractivity contribution in [3.63, 3.8) is 0 Å². The topological polar surface area (TPSA) is 126 Å². The van der Waals surface area contributed by atoms with Crippen LogP contribution in [0.3, 0.4) is 0 Å². The third-order valence-electron chi connectivity index (χ3n) is 3.31. The predicted molar refractivity (Wildman–Crippen MR) is 76.4 cm³/mol. The van der Waals surface area contributed by atoms with E-state index in [9.17, 15) is 18.0 Å². The van der Waals surface area contributed by atoms with Crippen LogP contribution < -0.4 is 16.9 Å². The van der Waals surface area contributed by atoms with E-state index in [1.807, 2.05) is 0 Å². The highest BCUT2D eigenvalue weighted by Gasteiger charge is 2.24. The third-order valence-corrected chi connectivity index (χ3v) is 4.96. The fraction of sp³-hybridized carbons (Fsp3) is 0.333. The fourth-order valence-corrected chi connectivity index (χ4v) is 2.57. The van der Waals surface area contributed by atoms with Gasteiger partial charge in [0.05, 0.1) is 16.3 Å².